The molecule has 0 saturated carbocycles. The molecule has 0 amide bonds. The summed E-state index contributed by atoms with van der Waals surface area (Å²) in [4.78, 5) is 2.54. The molecule has 0 N–H and O–H groups in total. The standard InChI is InChI=1S/C29H42N2O5S/c1-4-5-7-11-23(2)31-19-27(22-35-20-24-12-8-6-9-13-24)36-28-18-25(15-16-29(28)37(31,32)33)30-17-10-14-26(30)21-34-3/h6,8-9,12-13,15-16,18,23,26-27H,4-5,7,10-11,14,17,19-22H2,1-3H3/t23-,26-,27+/m1/s1. The van der Waals surface area contributed by atoms with Gasteiger partial charge in [0.25, 0.3) is 0 Å². The number of ether oxygens (including phenoxy) is 3. The summed E-state index contributed by atoms with van der Waals surface area (Å²) in [6, 6.07) is 15.7. The van der Waals surface area contributed by atoms with Crippen molar-refractivity contribution in [2.75, 3.05) is 38.3 Å². The number of unbranched alkanes of at least 4 members (excludes halogenated alkanes) is 2. The molecule has 2 aliphatic heterocycles. The number of anilines is 1. The molecule has 2 aromatic carbocycles. The Morgan fingerprint density at radius 3 is 2.68 bits per heavy atom. The van der Waals surface area contributed by atoms with Gasteiger partial charge in [-0.05, 0) is 43.9 Å². The minimum atomic E-state index is -3.72. The highest BCUT2D eigenvalue weighted by atomic mass is 32.2. The van der Waals surface area contributed by atoms with Gasteiger partial charge in [0.1, 0.15) is 16.7 Å². The Hall–Kier alpha value is -2.13. The van der Waals surface area contributed by atoms with Crippen LogP contribution in [0.3, 0.4) is 0 Å². The van der Waals surface area contributed by atoms with E-state index in [4.69, 9.17) is 14.2 Å². The summed E-state index contributed by atoms with van der Waals surface area (Å²) < 4.78 is 47.3. The number of benzene rings is 2. The van der Waals surface area contributed by atoms with Gasteiger partial charge in [-0.1, -0.05) is 56.5 Å². The largest absolute Gasteiger partial charge is 0.485 e. The third-order valence-electron chi connectivity index (χ3n) is 7.39. The molecule has 0 unspecified atom stereocenters. The van der Waals surface area contributed by atoms with E-state index in [0.717, 1.165) is 56.3 Å². The molecule has 2 aliphatic rings. The van der Waals surface area contributed by atoms with Crippen LogP contribution < -0.4 is 9.64 Å². The van der Waals surface area contributed by atoms with Crippen molar-refractivity contribution in [2.24, 2.45) is 0 Å². The molecule has 2 aromatic rings. The van der Waals surface area contributed by atoms with Crippen LogP contribution in [0.2, 0.25) is 0 Å². The molecule has 0 spiro atoms. The lowest BCUT2D eigenvalue weighted by Gasteiger charge is -2.28. The van der Waals surface area contributed by atoms with Crippen LogP contribution in [0, 0.1) is 0 Å². The van der Waals surface area contributed by atoms with E-state index in [1.54, 1.807) is 17.5 Å². The lowest BCUT2D eigenvalue weighted by molar-refractivity contribution is 0.0310. The van der Waals surface area contributed by atoms with Crippen molar-refractivity contribution < 1.29 is 22.6 Å². The van der Waals surface area contributed by atoms with Crippen molar-refractivity contribution in [3.63, 3.8) is 0 Å². The second-order valence-corrected chi connectivity index (χ2v) is 12.1. The monoisotopic (exact) mass is 530 g/mol. The van der Waals surface area contributed by atoms with Crippen LogP contribution in [0.25, 0.3) is 0 Å². The summed E-state index contributed by atoms with van der Waals surface area (Å²) in [5.74, 6) is 0.414. The van der Waals surface area contributed by atoms with Crippen molar-refractivity contribution in [3.05, 3.63) is 54.1 Å². The third-order valence-corrected chi connectivity index (χ3v) is 9.41. The van der Waals surface area contributed by atoms with Gasteiger partial charge in [0.2, 0.25) is 10.0 Å². The zero-order valence-corrected chi connectivity index (χ0v) is 23.3. The molecule has 8 heteroatoms. The van der Waals surface area contributed by atoms with Gasteiger partial charge in [0, 0.05) is 31.5 Å². The van der Waals surface area contributed by atoms with Gasteiger partial charge in [0.05, 0.1) is 32.4 Å². The number of sulfonamides is 1. The molecule has 4 rings (SSSR count). The quantitative estimate of drug-likeness (QED) is 0.350. The molecular weight excluding hydrogens is 488 g/mol. The van der Waals surface area contributed by atoms with Gasteiger partial charge in [0.15, 0.2) is 0 Å². The Balaban J connectivity index is 1.60. The minimum absolute atomic E-state index is 0.118. The summed E-state index contributed by atoms with van der Waals surface area (Å²) in [5, 5.41) is 0. The van der Waals surface area contributed by atoms with Gasteiger partial charge in [-0.15, -0.1) is 0 Å². The molecule has 3 atom stereocenters. The van der Waals surface area contributed by atoms with Crippen LogP contribution >= 0.6 is 0 Å². The van der Waals surface area contributed by atoms with E-state index >= 15 is 0 Å². The maximum atomic E-state index is 13.9. The smallest absolute Gasteiger partial charge is 0.247 e. The van der Waals surface area contributed by atoms with E-state index in [1.165, 1.54) is 0 Å². The predicted octanol–water partition coefficient (Wildman–Crippen LogP) is 5.24. The summed E-state index contributed by atoms with van der Waals surface area (Å²) in [6.45, 7) is 6.77. The van der Waals surface area contributed by atoms with Gasteiger partial charge >= 0.3 is 0 Å². The van der Waals surface area contributed by atoms with Crippen LogP contribution in [0.5, 0.6) is 5.75 Å². The minimum Gasteiger partial charge on any atom is -0.485 e. The average Bonchev–Trinajstić information content (AvgIpc) is 3.32. The molecule has 7 nitrogen and oxygen atoms in total. The fraction of sp³-hybridized carbons (Fsp3) is 0.586. The first-order valence-electron chi connectivity index (χ1n) is 13.6. The first kappa shape index (κ1) is 27.9. The van der Waals surface area contributed by atoms with Crippen LogP contribution in [0.4, 0.5) is 5.69 Å². The molecule has 1 saturated heterocycles. The summed E-state index contributed by atoms with van der Waals surface area (Å²) in [7, 11) is -2.00. The van der Waals surface area contributed by atoms with E-state index in [0.29, 0.717) is 25.6 Å². The van der Waals surface area contributed by atoms with E-state index < -0.39 is 16.1 Å². The summed E-state index contributed by atoms with van der Waals surface area (Å²) >= 11 is 0. The Labute approximate surface area is 222 Å². The topological polar surface area (TPSA) is 68.3 Å². The second-order valence-electron chi connectivity index (χ2n) is 10.2. The third kappa shape index (κ3) is 6.85. The lowest BCUT2D eigenvalue weighted by Crippen LogP contribution is -2.44. The van der Waals surface area contributed by atoms with E-state index in [-0.39, 0.29) is 23.5 Å². The first-order valence-corrected chi connectivity index (χ1v) is 15.1. The molecular formula is C29H42N2O5S. The lowest BCUT2D eigenvalue weighted by atomic mass is 10.1. The summed E-state index contributed by atoms with van der Waals surface area (Å²) in [5.41, 5.74) is 2.05. The molecule has 2 heterocycles. The molecule has 0 aliphatic carbocycles. The highest BCUT2D eigenvalue weighted by Crippen LogP contribution is 2.37. The highest BCUT2D eigenvalue weighted by Gasteiger charge is 2.38. The zero-order valence-electron chi connectivity index (χ0n) is 22.5. The van der Waals surface area contributed by atoms with Crippen molar-refractivity contribution in [3.8, 4) is 5.75 Å². The van der Waals surface area contributed by atoms with Crippen molar-refractivity contribution in [1.29, 1.82) is 0 Å². The highest BCUT2D eigenvalue weighted by molar-refractivity contribution is 7.89. The van der Waals surface area contributed by atoms with E-state index in [1.807, 2.05) is 49.4 Å². The zero-order chi connectivity index (χ0) is 26.3. The molecule has 37 heavy (non-hydrogen) atoms. The maximum absolute atomic E-state index is 13.9. The fourth-order valence-electron chi connectivity index (χ4n) is 5.38. The van der Waals surface area contributed by atoms with Crippen LogP contribution in [-0.4, -0.2) is 64.3 Å². The van der Waals surface area contributed by atoms with Gasteiger partial charge < -0.3 is 19.1 Å². The number of methoxy groups -OCH3 is 1. The Morgan fingerprint density at radius 1 is 1.11 bits per heavy atom. The van der Waals surface area contributed by atoms with Crippen LogP contribution in [0.1, 0.15) is 57.9 Å². The second kappa shape index (κ2) is 13.1. The van der Waals surface area contributed by atoms with Crippen LogP contribution in [-0.2, 0) is 26.1 Å². The molecule has 204 valence electrons. The van der Waals surface area contributed by atoms with E-state index in [2.05, 4.69) is 11.8 Å². The number of fused-ring (bicyclic) bond motifs is 1. The van der Waals surface area contributed by atoms with Crippen molar-refractivity contribution in [2.45, 2.75) is 82.1 Å². The van der Waals surface area contributed by atoms with Gasteiger partial charge in [-0.2, -0.15) is 4.31 Å². The average molecular weight is 531 g/mol. The van der Waals surface area contributed by atoms with Crippen LogP contribution in [0.15, 0.2) is 53.4 Å². The number of rotatable bonds is 12. The molecule has 0 radical (unpaired) electrons. The Morgan fingerprint density at radius 2 is 1.92 bits per heavy atom. The molecule has 0 bridgehead atoms. The fourth-order valence-corrected chi connectivity index (χ4v) is 7.18. The summed E-state index contributed by atoms with van der Waals surface area (Å²) in [6.07, 6.45) is 5.76. The predicted molar refractivity (Wildman–Crippen MR) is 147 cm³/mol. The van der Waals surface area contributed by atoms with E-state index in [9.17, 15) is 8.42 Å². The Kier molecular flexibility index (Phi) is 9.87. The maximum Gasteiger partial charge on any atom is 0.247 e. The van der Waals surface area contributed by atoms with Crippen molar-refractivity contribution >= 4 is 15.7 Å². The van der Waals surface area contributed by atoms with Gasteiger partial charge in [-0.3, -0.25) is 0 Å². The molecule has 0 aromatic heterocycles. The number of hydrogen-bond donors (Lipinski definition) is 0. The number of nitrogens with zero attached hydrogens (tertiary/aromatic N) is 2. The van der Waals surface area contributed by atoms with Crippen molar-refractivity contribution in [1.82, 2.24) is 4.31 Å². The normalized spacial score (nSPS) is 22.3. The Bertz CT molecular complexity index is 1090. The van der Waals surface area contributed by atoms with Gasteiger partial charge in [-0.25, -0.2) is 8.42 Å². The first-order chi connectivity index (χ1) is 17.9. The number of hydrogen-bond acceptors (Lipinski definition) is 6. The SMILES string of the molecule is CCCCC[C@@H](C)N1C[C@@H](COCc2ccccc2)Oc2cc(N3CCC[C@@H]3COC)ccc2S1(=O)=O. The molecule has 1 fully saturated rings.